The van der Waals surface area contributed by atoms with Crippen LogP contribution in [0.5, 0.6) is 0 Å². The topological polar surface area (TPSA) is 64.7 Å². The molecule has 7 heteroatoms. The van der Waals surface area contributed by atoms with Gasteiger partial charge in [-0.3, -0.25) is 0 Å². The van der Waals surface area contributed by atoms with Gasteiger partial charge in [0.05, 0.1) is 29.9 Å². The molecule has 1 heterocycles. The van der Waals surface area contributed by atoms with Crippen LogP contribution >= 0.6 is 0 Å². The van der Waals surface area contributed by atoms with Crippen molar-refractivity contribution in [3.63, 3.8) is 0 Å². The zero-order valence-electron chi connectivity index (χ0n) is 35.5. The smallest absolute Gasteiger partial charge is 0.203 e. The van der Waals surface area contributed by atoms with E-state index in [-0.39, 0.29) is 33.1 Å². The van der Waals surface area contributed by atoms with Crippen LogP contribution in [0.25, 0.3) is 0 Å². The average Bonchev–Trinajstić information content (AvgIpc) is 3.57. The molecule has 0 saturated heterocycles. The Kier molecular flexibility index (Phi) is 12.2. The van der Waals surface area contributed by atoms with E-state index in [1.165, 1.54) is 37.7 Å². The zero-order chi connectivity index (χ0) is 38.5. The number of aromatic nitrogens is 1. The van der Waals surface area contributed by atoms with Gasteiger partial charge in [-0.05, 0) is 128 Å². The summed E-state index contributed by atoms with van der Waals surface area (Å²) in [5.41, 5.74) is 4.02. The van der Waals surface area contributed by atoms with E-state index in [2.05, 4.69) is 118 Å². The molecule has 0 unspecified atom stereocenters. The summed E-state index contributed by atoms with van der Waals surface area (Å²) in [7, 11) is -3.96. The van der Waals surface area contributed by atoms with Gasteiger partial charge in [0, 0.05) is 12.8 Å². The second-order valence-corrected chi connectivity index (χ2v) is 30.1. The first kappa shape index (κ1) is 41.6. The number of fused-ring (bicyclic) bond motifs is 1. The van der Waals surface area contributed by atoms with Crippen molar-refractivity contribution in [3.05, 3.63) is 65.5 Å². The van der Waals surface area contributed by atoms with Crippen molar-refractivity contribution in [3.8, 4) is 0 Å². The van der Waals surface area contributed by atoms with Crippen molar-refractivity contribution < 1.29 is 18.4 Å². The quantitative estimate of drug-likeness (QED) is 0.170. The molecule has 0 amide bonds. The lowest BCUT2D eigenvalue weighted by molar-refractivity contribution is 0.0969. The third-order valence-electron chi connectivity index (χ3n) is 14.8. The Morgan fingerprint density at radius 1 is 1.00 bits per heavy atom. The van der Waals surface area contributed by atoms with E-state index in [4.69, 9.17) is 19.8 Å². The van der Waals surface area contributed by atoms with Gasteiger partial charge in [-0.15, -0.1) is 0 Å². The van der Waals surface area contributed by atoms with Crippen molar-refractivity contribution in [1.82, 2.24) is 4.98 Å². The van der Waals surface area contributed by atoms with Crippen LogP contribution in [-0.2, 0) is 20.7 Å². The minimum atomic E-state index is -2.01. The summed E-state index contributed by atoms with van der Waals surface area (Å²) in [6.45, 7) is 35.3. The summed E-state index contributed by atoms with van der Waals surface area (Å²) in [5, 5.41) is 11.7. The summed E-state index contributed by atoms with van der Waals surface area (Å²) in [6.07, 6.45) is 22.5. The summed E-state index contributed by atoms with van der Waals surface area (Å²) in [5.74, 6) is 3.25. The predicted molar refractivity (Wildman–Crippen MR) is 223 cm³/mol. The van der Waals surface area contributed by atoms with E-state index < -0.39 is 22.7 Å². The Balaban J connectivity index is 1.33. The number of allylic oxidation sites excluding steroid dienone is 4. The average molecular weight is 750 g/mol. The number of nitrogens with zero attached hydrogens (tertiary/aromatic N) is 1. The highest BCUT2D eigenvalue weighted by Gasteiger charge is 2.54. The molecule has 4 fully saturated rings. The third-order valence-corrected chi connectivity index (χ3v) is 23.9. The summed E-state index contributed by atoms with van der Waals surface area (Å²) >= 11 is 0. The van der Waals surface area contributed by atoms with E-state index in [0.29, 0.717) is 17.8 Å². The number of aryl methyl sites for hydroxylation is 1. The van der Waals surface area contributed by atoms with Gasteiger partial charge >= 0.3 is 0 Å². The molecule has 1 N–H and O–H groups in total. The molecule has 4 aliphatic carbocycles. The van der Waals surface area contributed by atoms with Gasteiger partial charge in [-0.1, -0.05) is 98.8 Å². The van der Waals surface area contributed by atoms with Gasteiger partial charge < -0.3 is 18.4 Å². The highest BCUT2D eigenvalue weighted by Crippen LogP contribution is 2.60. The lowest BCUT2D eigenvalue weighted by Gasteiger charge is -2.45. The molecule has 4 saturated carbocycles. The Labute approximate surface area is 320 Å². The molecular formula is C45H75NO4Si2. The van der Waals surface area contributed by atoms with Crippen LogP contribution in [0.1, 0.15) is 138 Å². The molecule has 5 nitrogen and oxygen atoms in total. The van der Waals surface area contributed by atoms with Crippen molar-refractivity contribution in [2.45, 2.75) is 193 Å². The highest BCUT2D eigenvalue weighted by molar-refractivity contribution is 6.74. The van der Waals surface area contributed by atoms with Gasteiger partial charge in [0.25, 0.3) is 0 Å². The normalized spacial score (nSPS) is 31.4. The number of hydrogen-bond donors (Lipinski definition) is 1. The van der Waals surface area contributed by atoms with Crippen LogP contribution in [0.2, 0.25) is 36.3 Å². The lowest BCUT2D eigenvalue weighted by atomic mass is 9.61. The van der Waals surface area contributed by atoms with Crippen LogP contribution in [0.15, 0.2) is 58.2 Å². The number of aliphatic hydroxyl groups is 1. The van der Waals surface area contributed by atoms with Gasteiger partial charge in [-0.2, -0.15) is 0 Å². The van der Waals surface area contributed by atoms with Crippen LogP contribution in [0.4, 0.5) is 0 Å². The van der Waals surface area contributed by atoms with E-state index in [9.17, 15) is 5.11 Å². The van der Waals surface area contributed by atoms with E-state index >= 15 is 0 Å². The fraction of sp³-hybridized carbons (Fsp3) is 0.756. The minimum Gasteiger partial charge on any atom is -0.445 e. The van der Waals surface area contributed by atoms with Gasteiger partial charge in [0.15, 0.2) is 16.6 Å². The molecule has 0 spiro atoms. The SMILES string of the molecule is C=C1C(=CC=C2CCC[C@]3(C)[C@@H]([C@H](C)C=C[C@H](O)C4(c5ncc(CCC)o5)CC4)CC[C@@H]23)C[C@@H](O[Si](C)(C)C(C)(C)C)C[C@@H]1O[Si](C)(C)C(C)(C)C. The summed E-state index contributed by atoms with van der Waals surface area (Å²) in [4.78, 5) is 4.59. The number of hydrogen-bond acceptors (Lipinski definition) is 5. The van der Waals surface area contributed by atoms with Crippen LogP contribution < -0.4 is 0 Å². The van der Waals surface area contributed by atoms with Crippen molar-refractivity contribution in [2.75, 3.05) is 0 Å². The first-order valence-corrected chi connectivity index (χ1v) is 26.6. The van der Waals surface area contributed by atoms with Gasteiger partial charge in [-0.25, -0.2) is 4.98 Å². The van der Waals surface area contributed by atoms with Gasteiger partial charge in [0.2, 0.25) is 5.89 Å². The van der Waals surface area contributed by atoms with Crippen molar-refractivity contribution in [2.24, 2.45) is 23.2 Å². The second kappa shape index (κ2) is 15.2. The summed E-state index contributed by atoms with van der Waals surface area (Å²) < 4.78 is 20.3. The molecule has 0 aliphatic heterocycles. The molecule has 5 rings (SSSR count). The first-order chi connectivity index (χ1) is 24.0. The van der Waals surface area contributed by atoms with Crippen molar-refractivity contribution >= 4 is 16.6 Å². The Morgan fingerprint density at radius 2 is 1.65 bits per heavy atom. The Hall–Kier alpha value is -1.52. The van der Waals surface area contributed by atoms with E-state index in [1.54, 1.807) is 5.57 Å². The molecule has 0 bridgehead atoms. The molecule has 1 aromatic rings. The molecule has 52 heavy (non-hydrogen) atoms. The van der Waals surface area contributed by atoms with Crippen molar-refractivity contribution in [1.29, 1.82) is 0 Å². The molecular weight excluding hydrogens is 675 g/mol. The zero-order valence-corrected chi connectivity index (χ0v) is 37.5. The number of rotatable bonds is 12. The highest BCUT2D eigenvalue weighted by atomic mass is 28.4. The maximum atomic E-state index is 11.4. The molecule has 1 aromatic heterocycles. The first-order valence-electron chi connectivity index (χ1n) is 20.8. The Morgan fingerprint density at radius 3 is 2.27 bits per heavy atom. The molecule has 7 atom stereocenters. The maximum absolute atomic E-state index is 11.4. The van der Waals surface area contributed by atoms with Gasteiger partial charge in [0.1, 0.15) is 5.76 Å². The van der Waals surface area contributed by atoms with Crippen LogP contribution in [0, 0.1) is 23.2 Å². The number of oxazole rings is 1. The number of aliphatic hydroxyl groups excluding tert-OH is 1. The fourth-order valence-corrected chi connectivity index (χ4v) is 11.8. The molecule has 0 radical (unpaired) electrons. The largest absolute Gasteiger partial charge is 0.445 e. The standard InChI is InChI=1S/C45H75NO4Si2/c1-15-17-35-30-46-41(48-35)45(26-27-45)40(47)24-19-31(2)37-22-23-38-33(18-16-25-44(37,38)10)20-21-34-28-36(49-51(11,12)42(4,5)6)29-39(32(34)3)50-52(13,14)43(7,8)9/h19-21,24,30-31,36-40,47H,3,15-18,22-23,25-29H2,1-2,4-14H3/t31-,36-,37-,38+,39+,40+,44-/m1/s1. The fourth-order valence-electron chi connectivity index (χ4n) is 9.18. The lowest BCUT2D eigenvalue weighted by Crippen LogP contribution is -2.49. The molecule has 292 valence electrons. The molecule has 4 aliphatic rings. The molecule has 0 aromatic carbocycles. The monoisotopic (exact) mass is 750 g/mol. The Bertz CT molecular complexity index is 1520. The predicted octanol–water partition coefficient (Wildman–Crippen LogP) is 12.4. The van der Waals surface area contributed by atoms with E-state index in [1.807, 2.05) is 6.20 Å². The second-order valence-electron chi connectivity index (χ2n) is 20.6. The van der Waals surface area contributed by atoms with E-state index in [0.717, 1.165) is 55.7 Å². The van der Waals surface area contributed by atoms with Crippen LogP contribution in [0.3, 0.4) is 0 Å². The van der Waals surface area contributed by atoms with Crippen LogP contribution in [-0.4, -0.2) is 45.0 Å². The maximum Gasteiger partial charge on any atom is 0.203 e. The third kappa shape index (κ3) is 8.49. The summed E-state index contributed by atoms with van der Waals surface area (Å²) in [6, 6.07) is 0. The minimum absolute atomic E-state index is 0.00117.